The van der Waals surface area contributed by atoms with Crippen LogP contribution in [0.2, 0.25) is 5.02 Å². The second kappa shape index (κ2) is 8.91. The van der Waals surface area contributed by atoms with Crippen molar-refractivity contribution in [1.82, 2.24) is 5.32 Å². The largest absolute Gasteiger partial charge is 0.467 e. The van der Waals surface area contributed by atoms with E-state index in [4.69, 9.17) is 16.0 Å². The summed E-state index contributed by atoms with van der Waals surface area (Å²) in [6.07, 6.45) is 1.56. The fourth-order valence-electron chi connectivity index (χ4n) is 2.37. The van der Waals surface area contributed by atoms with E-state index in [-0.39, 0.29) is 18.4 Å². The average Bonchev–Trinajstić information content (AvgIpc) is 3.19. The van der Waals surface area contributed by atoms with Crippen molar-refractivity contribution in [3.05, 3.63) is 83.3 Å². The van der Waals surface area contributed by atoms with Gasteiger partial charge >= 0.3 is 0 Å². The van der Waals surface area contributed by atoms with Crippen molar-refractivity contribution in [1.29, 1.82) is 0 Å². The van der Waals surface area contributed by atoms with Gasteiger partial charge in [0.05, 0.1) is 19.4 Å². The second-order valence-corrected chi connectivity index (χ2v) is 6.19. The first-order valence-corrected chi connectivity index (χ1v) is 8.68. The number of benzene rings is 2. The van der Waals surface area contributed by atoms with Gasteiger partial charge in [-0.2, -0.15) is 0 Å². The maximum Gasteiger partial charge on any atom is 0.251 e. The highest BCUT2D eigenvalue weighted by atomic mass is 35.5. The molecule has 7 heteroatoms. The summed E-state index contributed by atoms with van der Waals surface area (Å²) in [5, 5.41) is 9.12. The predicted molar refractivity (Wildman–Crippen MR) is 105 cm³/mol. The molecule has 0 fully saturated rings. The minimum absolute atomic E-state index is 0.103. The van der Waals surface area contributed by atoms with Crippen LogP contribution < -0.4 is 16.0 Å². The van der Waals surface area contributed by atoms with Crippen LogP contribution >= 0.6 is 11.6 Å². The van der Waals surface area contributed by atoms with Gasteiger partial charge in [-0.15, -0.1) is 0 Å². The highest BCUT2D eigenvalue weighted by Gasteiger charge is 2.07. The molecule has 2 amide bonds. The highest BCUT2D eigenvalue weighted by molar-refractivity contribution is 6.30. The normalized spacial score (nSPS) is 10.3. The van der Waals surface area contributed by atoms with Gasteiger partial charge < -0.3 is 20.4 Å². The standard InChI is InChI=1S/C20H18ClN3O3/c21-15-3-1-4-17(11-15)22-13-19(25)24-16-8-6-14(7-9-16)20(26)23-12-18-5-2-10-27-18/h1-11,22H,12-13H2,(H,23,26)(H,24,25). The van der Waals surface area contributed by atoms with E-state index in [0.717, 1.165) is 5.69 Å². The van der Waals surface area contributed by atoms with E-state index < -0.39 is 0 Å². The van der Waals surface area contributed by atoms with E-state index in [1.807, 2.05) is 6.07 Å². The number of amides is 2. The number of nitrogens with one attached hydrogen (secondary N) is 3. The van der Waals surface area contributed by atoms with Gasteiger partial charge in [0, 0.05) is 22.0 Å². The molecule has 3 aromatic rings. The first-order valence-electron chi connectivity index (χ1n) is 8.30. The summed E-state index contributed by atoms with van der Waals surface area (Å²) in [4.78, 5) is 24.1. The third-order valence-electron chi connectivity index (χ3n) is 3.71. The number of carbonyl (C=O) groups excluding carboxylic acids is 2. The minimum atomic E-state index is -0.216. The molecule has 0 aliphatic rings. The fourth-order valence-corrected chi connectivity index (χ4v) is 2.56. The Kier molecular flexibility index (Phi) is 6.12. The minimum Gasteiger partial charge on any atom is -0.467 e. The van der Waals surface area contributed by atoms with E-state index in [9.17, 15) is 9.59 Å². The molecular formula is C20H18ClN3O3. The molecule has 0 radical (unpaired) electrons. The SMILES string of the molecule is O=C(CNc1cccc(Cl)c1)Nc1ccc(C(=O)NCc2ccco2)cc1. The van der Waals surface area contributed by atoms with Crippen LogP contribution in [0.5, 0.6) is 0 Å². The van der Waals surface area contributed by atoms with Crippen LogP contribution in [0.1, 0.15) is 16.1 Å². The number of halogens is 1. The van der Waals surface area contributed by atoms with Crippen LogP contribution in [-0.4, -0.2) is 18.4 Å². The quantitative estimate of drug-likeness (QED) is 0.577. The van der Waals surface area contributed by atoms with Gasteiger partial charge in [-0.05, 0) is 54.6 Å². The molecule has 0 aliphatic carbocycles. The maximum absolute atomic E-state index is 12.1. The van der Waals surface area contributed by atoms with Gasteiger partial charge in [-0.1, -0.05) is 17.7 Å². The Morgan fingerprint density at radius 2 is 1.78 bits per heavy atom. The first kappa shape index (κ1) is 18.5. The predicted octanol–water partition coefficient (Wildman–Crippen LogP) is 3.91. The van der Waals surface area contributed by atoms with Crippen molar-refractivity contribution in [2.24, 2.45) is 0 Å². The molecule has 6 nitrogen and oxygen atoms in total. The van der Waals surface area contributed by atoms with Crippen LogP contribution in [-0.2, 0) is 11.3 Å². The fraction of sp³-hybridized carbons (Fsp3) is 0.100. The molecule has 0 atom stereocenters. The van der Waals surface area contributed by atoms with Crippen LogP contribution in [0.15, 0.2) is 71.3 Å². The molecule has 2 aromatic carbocycles. The summed E-state index contributed by atoms with van der Waals surface area (Å²) in [5.41, 5.74) is 1.87. The zero-order chi connectivity index (χ0) is 19.1. The molecule has 27 heavy (non-hydrogen) atoms. The molecule has 0 bridgehead atoms. The lowest BCUT2D eigenvalue weighted by atomic mass is 10.2. The lowest BCUT2D eigenvalue weighted by Gasteiger charge is -2.09. The molecule has 0 spiro atoms. The Balaban J connectivity index is 1.47. The van der Waals surface area contributed by atoms with Crippen molar-refractivity contribution in [3.63, 3.8) is 0 Å². The van der Waals surface area contributed by atoms with Crippen molar-refractivity contribution < 1.29 is 14.0 Å². The molecule has 0 saturated carbocycles. The zero-order valence-corrected chi connectivity index (χ0v) is 15.1. The molecule has 1 aromatic heterocycles. The van der Waals surface area contributed by atoms with Crippen LogP contribution in [0, 0.1) is 0 Å². The maximum atomic E-state index is 12.1. The van der Waals surface area contributed by atoms with E-state index in [0.29, 0.717) is 28.6 Å². The molecule has 0 unspecified atom stereocenters. The Morgan fingerprint density at radius 1 is 0.963 bits per heavy atom. The number of anilines is 2. The van der Waals surface area contributed by atoms with E-state index >= 15 is 0 Å². The van der Waals surface area contributed by atoms with E-state index in [2.05, 4.69) is 16.0 Å². The molecular weight excluding hydrogens is 366 g/mol. The number of hydrogen-bond acceptors (Lipinski definition) is 4. The summed E-state index contributed by atoms with van der Waals surface area (Å²) in [6, 6.07) is 17.3. The van der Waals surface area contributed by atoms with Crippen molar-refractivity contribution in [3.8, 4) is 0 Å². The van der Waals surface area contributed by atoms with Gasteiger partial charge in [0.1, 0.15) is 5.76 Å². The third kappa shape index (κ3) is 5.62. The Hall–Kier alpha value is -3.25. The van der Waals surface area contributed by atoms with E-state index in [1.165, 1.54) is 0 Å². The summed E-state index contributed by atoms with van der Waals surface area (Å²) >= 11 is 5.90. The third-order valence-corrected chi connectivity index (χ3v) is 3.95. The smallest absolute Gasteiger partial charge is 0.251 e. The average molecular weight is 384 g/mol. The molecule has 3 rings (SSSR count). The van der Waals surface area contributed by atoms with Crippen molar-refractivity contribution in [2.75, 3.05) is 17.2 Å². The molecule has 0 saturated heterocycles. The lowest BCUT2D eigenvalue weighted by Crippen LogP contribution is -2.23. The first-order chi connectivity index (χ1) is 13.1. The molecule has 0 aliphatic heterocycles. The van der Waals surface area contributed by atoms with Gasteiger partial charge in [0.2, 0.25) is 5.91 Å². The molecule has 1 heterocycles. The molecule has 138 valence electrons. The van der Waals surface area contributed by atoms with E-state index in [1.54, 1.807) is 60.9 Å². The van der Waals surface area contributed by atoms with Gasteiger partial charge in [-0.3, -0.25) is 9.59 Å². The second-order valence-electron chi connectivity index (χ2n) is 5.75. The topological polar surface area (TPSA) is 83.4 Å². The van der Waals surface area contributed by atoms with Gasteiger partial charge in [0.25, 0.3) is 5.91 Å². The van der Waals surface area contributed by atoms with Gasteiger partial charge in [-0.25, -0.2) is 0 Å². The van der Waals surface area contributed by atoms with Crippen LogP contribution in [0.4, 0.5) is 11.4 Å². The van der Waals surface area contributed by atoms with Gasteiger partial charge in [0.15, 0.2) is 0 Å². The summed E-state index contributed by atoms with van der Waals surface area (Å²) in [5.74, 6) is 0.260. The van der Waals surface area contributed by atoms with Crippen molar-refractivity contribution >= 4 is 34.8 Å². The van der Waals surface area contributed by atoms with Crippen LogP contribution in [0.3, 0.4) is 0 Å². The number of rotatable bonds is 7. The zero-order valence-electron chi connectivity index (χ0n) is 14.4. The summed E-state index contributed by atoms with van der Waals surface area (Å²) < 4.78 is 5.17. The van der Waals surface area contributed by atoms with Crippen molar-refractivity contribution in [2.45, 2.75) is 6.54 Å². The highest BCUT2D eigenvalue weighted by Crippen LogP contribution is 2.15. The lowest BCUT2D eigenvalue weighted by molar-refractivity contribution is -0.114. The monoisotopic (exact) mass is 383 g/mol. The summed E-state index contributed by atoms with van der Waals surface area (Å²) in [7, 11) is 0. The number of carbonyl (C=O) groups is 2. The Labute approximate surface area is 161 Å². The Morgan fingerprint density at radius 3 is 2.48 bits per heavy atom. The number of hydrogen-bond donors (Lipinski definition) is 3. The molecule has 3 N–H and O–H groups in total. The van der Waals surface area contributed by atoms with Crippen LogP contribution in [0.25, 0.3) is 0 Å². The number of furan rings is 1. The Bertz CT molecular complexity index is 908. The summed E-state index contributed by atoms with van der Waals surface area (Å²) in [6.45, 7) is 0.422.